The fourth-order valence-electron chi connectivity index (χ4n) is 3.12. The van der Waals surface area contributed by atoms with Gasteiger partial charge in [0.05, 0.1) is 12.2 Å². The van der Waals surface area contributed by atoms with Crippen molar-refractivity contribution in [1.82, 2.24) is 4.90 Å². The molecule has 2 aliphatic rings. The van der Waals surface area contributed by atoms with Crippen molar-refractivity contribution in [1.29, 1.82) is 0 Å². The third-order valence-corrected chi connectivity index (χ3v) is 5.74. The molecule has 1 unspecified atom stereocenters. The standard InChI is InChI=1S/C20H20N2O5S/c1-2-25-19(23)13-3-6-15(7-4-13)21-20(24)22-9-10-28-18(22)14-5-8-16-17(11-14)27-12-26-16/h3-8,11,18H,2,9-10,12H2,1H3,(H,21,24). The van der Waals surface area contributed by atoms with Gasteiger partial charge in [0.25, 0.3) is 0 Å². The van der Waals surface area contributed by atoms with Crippen molar-refractivity contribution >= 4 is 29.4 Å². The van der Waals surface area contributed by atoms with Gasteiger partial charge < -0.3 is 24.4 Å². The molecule has 28 heavy (non-hydrogen) atoms. The van der Waals surface area contributed by atoms with E-state index in [0.29, 0.717) is 30.2 Å². The molecule has 0 spiro atoms. The van der Waals surface area contributed by atoms with Gasteiger partial charge in [-0.25, -0.2) is 9.59 Å². The van der Waals surface area contributed by atoms with Crippen LogP contribution in [0.25, 0.3) is 0 Å². The number of nitrogens with zero attached hydrogens (tertiary/aromatic N) is 1. The van der Waals surface area contributed by atoms with Gasteiger partial charge in [0.2, 0.25) is 6.79 Å². The molecule has 2 aromatic rings. The molecule has 1 saturated heterocycles. The summed E-state index contributed by atoms with van der Waals surface area (Å²) >= 11 is 1.71. The summed E-state index contributed by atoms with van der Waals surface area (Å²) in [6.07, 6.45) is 0. The molecule has 0 bridgehead atoms. The molecule has 2 aromatic carbocycles. The Morgan fingerprint density at radius 2 is 1.96 bits per heavy atom. The number of benzene rings is 2. The number of carbonyl (C=O) groups is 2. The predicted molar refractivity (Wildman–Crippen MR) is 106 cm³/mol. The maximum absolute atomic E-state index is 12.8. The van der Waals surface area contributed by atoms with Crippen molar-refractivity contribution in [2.75, 3.05) is 31.0 Å². The molecule has 1 N–H and O–H groups in total. The first kappa shape index (κ1) is 18.5. The molecule has 4 rings (SSSR count). The number of ether oxygens (including phenoxy) is 3. The molecule has 0 radical (unpaired) electrons. The Morgan fingerprint density at radius 3 is 2.75 bits per heavy atom. The zero-order valence-electron chi connectivity index (χ0n) is 15.3. The van der Waals surface area contributed by atoms with E-state index in [1.807, 2.05) is 18.2 Å². The molecule has 8 heteroatoms. The minimum Gasteiger partial charge on any atom is -0.462 e. The van der Waals surface area contributed by atoms with Crippen molar-refractivity contribution in [2.45, 2.75) is 12.3 Å². The Morgan fingerprint density at radius 1 is 1.18 bits per heavy atom. The van der Waals surface area contributed by atoms with E-state index < -0.39 is 0 Å². The van der Waals surface area contributed by atoms with E-state index in [2.05, 4.69) is 5.32 Å². The van der Waals surface area contributed by atoms with Gasteiger partial charge >= 0.3 is 12.0 Å². The molecule has 146 valence electrons. The van der Waals surface area contributed by atoms with Crippen LogP contribution in [0.15, 0.2) is 42.5 Å². The fraction of sp³-hybridized carbons (Fsp3) is 0.300. The van der Waals surface area contributed by atoms with E-state index in [0.717, 1.165) is 17.1 Å². The average molecular weight is 400 g/mol. The van der Waals surface area contributed by atoms with Crippen LogP contribution in [-0.4, -0.2) is 42.6 Å². The number of hydrogen-bond donors (Lipinski definition) is 1. The number of anilines is 1. The largest absolute Gasteiger partial charge is 0.462 e. The highest BCUT2D eigenvalue weighted by molar-refractivity contribution is 7.99. The topological polar surface area (TPSA) is 77.1 Å². The van der Waals surface area contributed by atoms with E-state index in [1.165, 1.54) is 0 Å². The summed E-state index contributed by atoms with van der Waals surface area (Å²) in [5.74, 6) is 1.91. The van der Waals surface area contributed by atoms with Gasteiger partial charge in [0.15, 0.2) is 11.5 Å². The van der Waals surface area contributed by atoms with Crippen LogP contribution < -0.4 is 14.8 Å². The van der Waals surface area contributed by atoms with Crippen molar-refractivity contribution in [3.05, 3.63) is 53.6 Å². The Labute approximate surface area is 166 Å². The summed E-state index contributed by atoms with van der Waals surface area (Å²) in [6, 6.07) is 12.3. The molecule has 2 amide bonds. The smallest absolute Gasteiger partial charge is 0.338 e. The van der Waals surface area contributed by atoms with Crippen LogP contribution >= 0.6 is 11.8 Å². The lowest BCUT2D eigenvalue weighted by Crippen LogP contribution is -2.34. The lowest BCUT2D eigenvalue weighted by atomic mass is 10.2. The molecule has 7 nitrogen and oxygen atoms in total. The molecule has 0 aliphatic carbocycles. The summed E-state index contributed by atoms with van der Waals surface area (Å²) in [5, 5.41) is 2.81. The van der Waals surface area contributed by atoms with Crippen LogP contribution in [0.1, 0.15) is 28.2 Å². The quantitative estimate of drug-likeness (QED) is 0.785. The number of esters is 1. The summed E-state index contributed by atoms with van der Waals surface area (Å²) in [7, 11) is 0. The van der Waals surface area contributed by atoms with E-state index in [4.69, 9.17) is 14.2 Å². The Bertz CT molecular complexity index is 887. The van der Waals surface area contributed by atoms with Crippen molar-refractivity contribution in [3.63, 3.8) is 0 Å². The van der Waals surface area contributed by atoms with Gasteiger partial charge in [-0.05, 0) is 48.9 Å². The first-order valence-electron chi connectivity index (χ1n) is 9.01. The van der Waals surface area contributed by atoms with Crippen molar-refractivity contribution in [3.8, 4) is 11.5 Å². The van der Waals surface area contributed by atoms with E-state index in [1.54, 1.807) is 47.9 Å². The van der Waals surface area contributed by atoms with Gasteiger partial charge in [-0.2, -0.15) is 0 Å². The van der Waals surface area contributed by atoms with Crippen LogP contribution in [0.5, 0.6) is 11.5 Å². The van der Waals surface area contributed by atoms with Gasteiger partial charge in [0.1, 0.15) is 5.37 Å². The monoisotopic (exact) mass is 400 g/mol. The van der Waals surface area contributed by atoms with E-state index >= 15 is 0 Å². The number of fused-ring (bicyclic) bond motifs is 1. The number of thioether (sulfide) groups is 1. The molecule has 0 aromatic heterocycles. The number of carbonyl (C=O) groups excluding carboxylic acids is 2. The van der Waals surface area contributed by atoms with Crippen LogP contribution in [0.2, 0.25) is 0 Å². The zero-order chi connectivity index (χ0) is 19.5. The third kappa shape index (κ3) is 3.73. The predicted octanol–water partition coefficient (Wildman–Crippen LogP) is 3.87. The Balaban J connectivity index is 1.44. The van der Waals surface area contributed by atoms with E-state index in [9.17, 15) is 9.59 Å². The molecule has 1 atom stereocenters. The van der Waals surface area contributed by atoms with Crippen LogP contribution in [-0.2, 0) is 4.74 Å². The summed E-state index contributed by atoms with van der Waals surface area (Å²) in [5.41, 5.74) is 2.08. The molecule has 1 fully saturated rings. The van der Waals surface area contributed by atoms with Gasteiger partial charge in [0, 0.05) is 18.0 Å². The van der Waals surface area contributed by atoms with Gasteiger partial charge in [-0.1, -0.05) is 6.07 Å². The Kier molecular flexibility index (Phi) is 5.29. The number of nitrogens with one attached hydrogen (secondary N) is 1. The summed E-state index contributed by atoms with van der Waals surface area (Å²) < 4.78 is 15.8. The minimum absolute atomic E-state index is 0.0895. The minimum atomic E-state index is -0.376. The molecule has 0 saturated carbocycles. The Hall–Kier alpha value is -2.87. The van der Waals surface area contributed by atoms with Crippen molar-refractivity contribution < 1.29 is 23.8 Å². The van der Waals surface area contributed by atoms with Gasteiger partial charge in [-0.15, -0.1) is 11.8 Å². The number of hydrogen-bond acceptors (Lipinski definition) is 6. The maximum atomic E-state index is 12.8. The number of urea groups is 1. The van der Waals surface area contributed by atoms with Crippen LogP contribution in [0.4, 0.5) is 10.5 Å². The summed E-state index contributed by atoms with van der Waals surface area (Å²) in [6.45, 7) is 2.96. The normalized spacial score (nSPS) is 17.5. The molecule has 2 aliphatic heterocycles. The lowest BCUT2D eigenvalue weighted by Gasteiger charge is -2.24. The first-order valence-corrected chi connectivity index (χ1v) is 10.1. The fourth-order valence-corrected chi connectivity index (χ4v) is 4.37. The van der Waals surface area contributed by atoms with Crippen LogP contribution in [0.3, 0.4) is 0 Å². The van der Waals surface area contributed by atoms with Crippen molar-refractivity contribution in [2.24, 2.45) is 0 Å². The van der Waals surface area contributed by atoms with E-state index in [-0.39, 0.29) is 24.2 Å². The third-order valence-electron chi connectivity index (χ3n) is 4.48. The SMILES string of the molecule is CCOC(=O)c1ccc(NC(=O)N2CCSC2c2ccc3c(c2)OCO3)cc1. The summed E-state index contributed by atoms with van der Waals surface area (Å²) in [4.78, 5) is 26.3. The zero-order valence-corrected chi connectivity index (χ0v) is 16.2. The second-order valence-corrected chi connectivity index (χ2v) is 7.45. The number of amides is 2. The average Bonchev–Trinajstić information content (AvgIpc) is 3.37. The molecular weight excluding hydrogens is 380 g/mol. The van der Waals surface area contributed by atoms with Gasteiger partial charge in [-0.3, -0.25) is 0 Å². The highest BCUT2D eigenvalue weighted by atomic mass is 32.2. The maximum Gasteiger partial charge on any atom is 0.338 e. The molecule has 2 heterocycles. The highest BCUT2D eigenvalue weighted by Crippen LogP contribution is 2.42. The first-order chi connectivity index (χ1) is 13.7. The number of rotatable bonds is 4. The highest BCUT2D eigenvalue weighted by Gasteiger charge is 2.32. The second kappa shape index (κ2) is 8.02. The lowest BCUT2D eigenvalue weighted by molar-refractivity contribution is 0.0526. The van der Waals surface area contributed by atoms with Crippen LogP contribution in [0, 0.1) is 0 Å². The molecular formula is C20H20N2O5S. The second-order valence-electron chi connectivity index (χ2n) is 6.26.